The Hall–Kier alpha value is -1.43. The second kappa shape index (κ2) is 6.65. The monoisotopic (exact) mass is 295 g/mol. The first-order valence-electron chi connectivity index (χ1n) is 5.63. The number of carbonyl (C=O) groups is 1. The van der Waals surface area contributed by atoms with E-state index < -0.39 is 18.5 Å². The molecule has 7 heteroatoms. The summed E-state index contributed by atoms with van der Waals surface area (Å²) in [6.45, 7) is 0.112. The molecule has 19 heavy (non-hydrogen) atoms. The summed E-state index contributed by atoms with van der Waals surface area (Å²) in [6, 6.07) is 4.00. The van der Waals surface area contributed by atoms with Gasteiger partial charge in [0.2, 0.25) is 0 Å². The SMILES string of the molecule is O=C(NCCCCC(F)(F)F)c1cc(Cl)ccc1O. The number of phenolic OH excluding ortho intramolecular Hbond substituents is 1. The van der Waals surface area contributed by atoms with Gasteiger partial charge in [0, 0.05) is 18.0 Å². The van der Waals surface area contributed by atoms with Crippen molar-refractivity contribution in [2.45, 2.75) is 25.4 Å². The van der Waals surface area contributed by atoms with Crippen LogP contribution in [-0.4, -0.2) is 23.7 Å². The fourth-order valence-corrected chi connectivity index (χ4v) is 1.61. The number of aromatic hydroxyl groups is 1. The molecule has 0 radical (unpaired) electrons. The third kappa shape index (κ3) is 5.83. The lowest BCUT2D eigenvalue weighted by molar-refractivity contribution is -0.135. The number of halogens is 4. The van der Waals surface area contributed by atoms with Gasteiger partial charge in [-0.25, -0.2) is 0 Å². The van der Waals surface area contributed by atoms with Crippen molar-refractivity contribution in [3.8, 4) is 5.75 Å². The smallest absolute Gasteiger partial charge is 0.389 e. The fraction of sp³-hybridized carbons (Fsp3) is 0.417. The highest BCUT2D eigenvalue weighted by Crippen LogP contribution is 2.22. The minimum absolute atomic E-state index is 0.00308. The van der Waals surface area contributed by atoms with E-state index in [0.717, 1.165) is 0 Å². The zero-order valence-corrected chi connectivity index (χ0v) is 10.7. The van der Waals surface area contributed by atoms with Crippen LogP contribution in [0.4, 0.5) is 13.2 Å². The molecular formula is C12H13ClF3NO2. The van der Waals surface area contributed by atoms with Crippen LogP contribution in [0.3, 0.4) is 0 Å². The second-order valence-corrected chi connectivity index (χ2v) is 4.43. The topological polar surface area (TPSA) is 49.3 Å². The van der Waals surface area contributed by atoms with Crippen LogP contribution in [0.25, 0.3) is 0 Å². The quantitative estimate of drug-likeness (QED) is 0.817. The van der Waals surface area contributed by atoms with Crippen molar-refractivity contribution < 1.29 is 23.1 Å². The molecule has 0 unspecified atom stereocenters. The molecule has 1 aromatic rings. The first-order chi connectivity index (χ1) is 8.79. The van der Waals surface area contributed by atoms with Gasteiger partial charge in [0.25, 0.3) is 5.91 Å². The predicted molar refractivity (Wildman–Crippen MR) is 65.4 cm³/mol. The van der Waals surface area contributed by atoms with E-state index in [4.69, 9.17) is 11.6 Å². The normalized spacial score (nSPS) is 11.4. The van der Waals surface area contributed by atoms with Gasteiger partial charge in [0.1, 0.15) is 5.75 Å². The molecule has 0 aliphatic rings. The molecule has 0 bridgehead atoms. The van der Waals surface area contributed by atoms with Gasteiger partial charge < -0.3 is 10.4 Å². The number of hydrogen-bond donors (Lipinski definition) is 2. The van der Waals surface area contributed by atoms with Gasteiger partial charge in [-0.2, -0.15) is 13.2 Å². The third-order valence-corrected chi connectivity index (χ3v) is 2.61. The second-order valence-electron chi connectivity index (χ2n) is 3.99. The summed E-state index contributed by atoms with van der Waals surface area (Å²) in [5, 5.41) is 12.2. The number of carbonyl (C=O) groups excluding carboxylic acids is 1. The first-order valence-corrected chi connectivity index (χ1v) is 6.01. The minimum Gasteiger partial charge on any atom is -0.507 e. The molecule has 0 aromatic heterocycles. The Morgan fingerprint density at radius 1 is 1.32 bits per heavy atom. The highest BCUT2D eigenvalue weighted by Gasteiger charge is 2.25. The van der Waals surface area contributed by atoms with E-state index in [1.54, 1.807) is 0 Å². The van der Waals surface area contributed by atoms with E-state index in [2.05, 4.69) is 5.32 Å². The average molecular weight is 296 g/mol. The van der Waals surface area contributed by atoms with Crippen molar-refractivity contribution in [3.63, 3.8) is 0 Å². The average Bonchev–Trinajstić information content (AvgIpc) is 2.30. The van der Waals surface area contributed by atoms with Gasteiger partial charge in [-0.15, -0.1) is 0 Å². The lowest BCUT2D eigenvalue weighted by atomic mass is 10.2. The largest absolute Gasteiger partial charge is 0.507 e. The van der Waals surface area contributed by atoms with Crippen LogP contribution >= 0.6 is 11.6 Å². The van der Waals surface area contributed by atoms with E-state index in [0.29, 0.717) is 5.02 Å². The Labute approximate surface area is 113 Å². The molecule has 1 amide bonds. The molecule has 1 aromatic carbocycles. The van der Waals surface area contributed by atoms with Gasteiger partial charge in [-0.3, -0.25) is 4.79 Å². The summed E-state index contributed by atoms with van der Waals surface area (Å²) < 4.78 is 35.6. The Morgan fingerprint density at radius 3 is 2.63 bits per heavy atom. The minimum atomic E-state index is -4.17. The molecule has 0 saturated carbocycles. The number of amides is 1. The molecule has 0 aliphatic carbocycles. The highest BCUT2D eigenvalue weighted by molar-refractivity contribution is 6.31. The summed E-state index contributed by atoms with van der Waals surface area (Å²) in [5.74, 6) is -0.788. The number of alkyl halides is 3. The number of unbranched alkanes of at least 4 members (excludes halogenated alkanes) is 1. The summed E-state index contributed by atoms with van der Waals surface area (Å²) in [4.78, 5) is 11.6. The highest BCUT2D eigenvalue weighted by atomic mass is 35.5. The lowest BCUT2D eigenvalue weighted by Crippen LogP contribution is -2.24. The molecular weight excluding hydrogens is 283 g/mol. The molecule has 0 atom stereocenters. The third-order valence-electron chi connectivity index (χ3n) is 2.38. The molecule has 106 valence electrons. The van der Waals surface area contributed by atoms with Crippen LogP contribution < -0.4 is 5.32 Å². The summed E-state index contributed by atoms with van der Waals surface area (Å²) in [7, 11) is 0. The van der Waals surface area contributed by atoms with E-state index in [1.807, 2.05) is 0 Å². The van der Waals surface area contributed by atoms with Crippen LogP contribution in [0.2, 0.25) is 5.02 Å². The van der Waals surface area contributed by atoms with E-state index in [-0.39, 0.29) is 30.7 Å². The fourth-order valence-electron chi connectivity index (χ4n) is 1.44. The Bertz CT molecular complexity index is 449. The maximum Gasteiger partial charge on any atom is 0.389 e. The van der Waals surface area contributed by atoms with Crippen LogP contribution in [0.15, 0.2) is 18.2 Å². The van der Waals surface area contributed by atoms with Crippen molar-refractivity contribution in [2.24, 2.45) is 0 Å². The van der Waals surface area contributed by atoms with Crippen LogP contribution in [0.1, 0.15) is 29.6 Å². The van der Waals surface area contributed by atoms with Gasteiger partial charge in [0.15, 0.2) is 0 Å². The van der Waals surface area contributed by atoms with Crippen molar-refractivity contribution in [1.29, 1.82) is 0 Å². The Kier molecular flexibility index (Phi) is 5.47. The molecule has 0 saturated heterocycles. The van der Waals surface area contributed by atoms with Crippen molar-refractivity contribution >= 4 is 17.5 Å². The van der Waals surface area contributed by atoms with Crippen LogP contribution in [0.5, 0.6) is 5.75 Å². The molecule has 2 N–H and O–H groups in total. The van der Waals surface area contributed by atoms with Crippen molar-refractivity contribution in [1.82, 2.24) is 5.32 Å². The summed E-state index contributed by atoms with van der Waals surface area (Å²) in [5.41, 5.74) is 0.00308. The molecule has 3 nitrogen and oxygen atoms in total. The number of benzene rings is 1. The number of nitrogens with one attached hydrogen (secondary N) is 1. The van der Waals surface area contributed by atoms with E-state index in [1.165, 1.54) is 18.2 Å². The van der Waals surface area contributed by atoms with E-state index in [9.17, 15) is 23.1 Å². The maximum absolute atomic E-state index is 11.9. The number of hydrogen-bond acceptors (Lipinski definition) is 2. The Balaban J connectivity index is 2.38. The molecule has 1 rings (SSSR count). The van der Waals surface area contributed by atoms with Gasteiger partial charge in [-0.1, -0.05) is 11.6 Å². The summed E-state index contributed by atoms with van der Waals surface area (Å²) >= 11 is 5.68. The molecule has 0 fully saturated rings. The van der Waals surface area contributed by atoms with Gasteiger partial charge >= 0.3 is 6.18 Å². The number of phenols is 1. The Morgan fingerprint density at radius 2 is 2.00 bits per heavy atom. The molecule has 0 heterocycles. The first kappa shape index (κ1) is 15.6. The van der Waals surface area contributed by atoms with Gasteiger partial charge in [-0.05, 0) is 31.0 Å². The van der Waals surface area contributed by atoms with Crippen LogP contribution in [0, 0.1) is 0 Å². The number of rotatable bonds is 5. The summed E-state index contributed by atoms with van der Waals surface area (Å²) in [6.07, 6.45) is -4.88. The van der Waals surface area contributed by atoms with Crippen molar-refractivity contribution in [3.05, 3.63) is 28.8 Å². The van der Waals surface area contributed by atoms with Crippen molar-refractivity contribution in [2.75, 3.05) is 6.54 Å². The zero-order chi connectivity index (χ0) is 14.5. The van der Waals surface area contributed by atoms with Crippen LogP contribution in [-0.2, 0) is 0 Å². The zero-order valence-electron chi connectivity index (χ0n) is 9.93. The standard InChI is InChI=1S/C12H13ClF3NO2/c13-8-3-4-10(18)9(7-8)11(19)17-6-2-1-5-12(14,15)16/h3-4,7,18H,1-2,5-6H2,(H,17,19). The lowest BCUT2D eigenvalue weighted by Gasteiger charge is -2.08. The molecule has 0 aliphatic heterocycles. The maximum atomic E-state index is 11.9. The van der Waals surface area contributed by atoms with Gasteiger partial charge in [0.05, 0.1) is 5.56 Å². The van der Waals surface area contributed by atoms with E-state index >= 15 is 0 Å². The molecule has 0 spiro atoms. The predicted octanol–water partition coefficient (Wildman–Crippen LogP) is 3.51.